The van der Waals surface area contributed by atoms with Gasteiger partial charge in [-0.3, -0.25) is 14.4 Å². The quantitative estimate of drug-likeness (QED) is 0.196. The molecule has 2 aliphatic heterocycles. The molecule has 11 nitrogen and oxygen atoms in total. The van der Waals surface area contributed by atoms with Crippen LogP contribution >= 0.6 is 0 Å². The lowest BCUT2D eigenvalue weighted by Gasteiger charge is -2.60. The largest absolute Gasteiger partial charge is 0.472 e. The number of aliphatic hydroxyl groups excluding tert-OH is 2. The fourth-order valence-corrected chi connectivity index (χ4v) is 9.49. The Labute approximate surface area is 263 Å². The standard InChI is InChI=1S/C34H46O11/c1-9-16(2)22(36)12-21-27(38)30-34(45-30)20(17(3)26(32(21,5)6)28(39)31(40)41-8)13-24(43-18(4)35)33(7)23(34)14-25(37)44-29(33)19-10-11-42-15-19/h9-11,15,17,20-21,23-24,26-30,38-39H,12-14H2,1-8H3/b16-9+/t17-,20-,21+,23+,24+,26?,27-,28-,29+,30+,33+,34+/m1/s1. The van der Waals surface area contributed by atoms with Gasteiger partial charge in [0.05, 0.1) is 37.6 Å². The van der Waals surface area contributed by atoms with Gasteiger partial charge in [-0.2, -0.15) is 0 Å². The van der Waals surface area contributed by atoms with Crippen LogP contribution in [0.15, 0.2) is 34.7 Å². The van der Waals surface area contributed by atoms with Gasteiger partial charge < -0.3 is 33.6 Å². The lowest BCUT2D eigenvalue weighted by Crippen LogP contribution is -2.66. The highest BCUT2D eigenvalue weighted by Gasteiger charge is 2.80. The highest BCUT2D eigenvalue weighted by Crippen LogP contribution is 2.72. The molecule has 2 saturated carbocycles. The van der Waals surface area contributed by atoms with Crippen molar-refractivity contribution in [3.8, 4) is 0 Å². The monoisotopic (exact) mass is 630 g/mol. The van der Waals surface area contributed by atoms with Crippen LogP contribution in [-0.4, -0.2) is 71.0 Å². The number of Topliss-reactive ketones (excluding diaryl/α,β-unsaturated/α-hetero) is 1. The fourth-order valence-electron chi connectivity index (χ4n) is 9.49. The van der Waals surface area contributed by atoms with Gasteiger partial charge in [-0.05, 0) is 49.2 Å². The van der Waals surface area contributed by atoms with E-state index < -0.39 is 94.4 Å². The van der Waals surface area contributed by atoms with Crippen LogP contribution in [0.1, 0.15) is 79.4 Å². The van der Waals surface area contributed by atoms with E-state index in [0.717, 1.165) is 0 Å². The zero-order valence-electron chi connectivity index (χ0n) is 27.3. The van der Waals surface area contributed by atoms with Crippen LogP contribution in [0.5, 0.6) is 0 Å². The average Bonchev–Trinajstić information content (AvgIpc) is 3.46. The third-order valence-corrected chi connectivity index (χ3v) is 11.9. The molecule has 1 unspecified atom stereocenters. The highest BCUT2D eigenvalue weighted by atomic mass is 16.6. The zero-order chi connectivity index (χ0) is 33.2. The van der Waals surface area contributed by atoms with Crippen LogP contribution in [0.3, 0.4) is 0 Å². The van der Waals surface area contributed by atoms with E-state index in [-0.39, 0.29) is 25.0 Å². The molecule has 45 heavy (non-hydrogen) atoms. The van der Waals surface area contributed by atoms with Crippen molar-refractivity contribution in [3.05, 3.63) is 35.8 Å². The first-order valence-corrected chi connectivity index (χ1v) is 15.7. The average molecular weight is 631 g/mol. The van der Waals surface area contributed by atoms with E-state index in [9.17, 15) is 29.4 Å². The number of carbonyl (C=O) groups is 4. The van der Waals surface area contributed by atoms with Gasteiger partial charge in [-0.25, -0.2) is 4.79 Å². The van der Waals surface area contributed by atoms with Gasteiger partial charge in [0.25, 0.3) is 0 Å². The number of ether oxygens (including phenoxy) is 4. The van der Waals surface area contributed by atoms with E-state index in [0.29, 0.717) is 11.1 Å². The Balaban J connectivity index is 1.70. The molecule has 0 amide bonds. The highest BCUT2D eigenvalue weighted by molar-refractivity contribution is 5.94. The molecule has 1 spiro atoms. The van der Waals surface area contributed by atoms with Gasteiger partial charge in [0.15, 0.2) is 11.9 Å². The number of allylic oxidation sites excluding steroid dienone is 2. The lowest BCUT2D eigenvalue weighted by atomic mass is 9.45. The molecule has 0 bridgehead atoms. The summed E-state index contributed by atoms with van der Waals surface area (Å²) >= 11 is 0. The van der Waals surface area contributed by atoms with Crippen molar-refractivity contribution < 1.29 is 52.8 Å². The van der Waals surface area contributed by atoms with Gasteiger partial charge in [0.2, 0.25) is 0 Å². The normalized spacial score (nSPS) is 41.2. The summed E-state index contributed by atoms with van der Waals surface area (Å²) in [6.07, 6.45) is -0.285. The lowest BCUT2D eigenvalue weighted by molar-refractivity contribution is -0.232. The number of fused-ring (bicyclic) bond motifs is 1. The summed E-state index contributed by atoms with van der Waals surface area (Å²) in [4.78, 5) is 52.3. The maximum Gasteiger partial charge on any atom is 0.335 e. The number of aliphatic hydroxyl groups is 2. The zero-order valence-corrected chi connectivity index (χ0v) is 27.3. The number of epoxide rings is 1. The Kier molecular flexibility index (Phi) is 8.63. The maximum atomic E-state index is 13.4. The summed E-state index contributed by atoms with van der Waals surface area (Å²) in [5.41, 5.74) is -1.93. The van der Waals surface area contributed by atoms with Crippen molar-refractivity contribution in [3.63, 3.8) is 0 Å². The molecular formula is C34H46O11. The van der Waals surface area contributed by atoms with Gasteiger partial charge in [-0.15, -0.1) is 0 Å². The third-order valence-electron chi connectivity index (χ3n) is 11.9. The van der Waals surface area contributed by atoms with E-state index in [1.54, 1.807) is 26.0 Å². The van der Waals surface area contributed by atoms with E-state index in [1.165, 1.54) is 26.6 Å². The second kappa shape index (κ2) is 11.7. The first kappa shape index (κ1) is 33.3. The van der Waals surface area contributed by atoms with Gasteiger partial charge in [-0.1, -0.05) is 33.8 Å². The Morgan fingerprint density at radius 3 is 2.47 bits per heavy atom. The van der Waals surface area contributed by atoms with Crippen LogP contribution in [0.4, 0.5) is 0 Å². The van der Waals surface area contributed by atoms with E-state index in [2.05, 4.69) is 0 Å². The minimum atomic E-state index is -1.59. The number of hydrogen-bond donors (Lipinski definition) is 2. The Morgan fingerprint density at radius 2 is 1.89 bits per heavy atom. The third kappa shape index (κ3) is 5.06. The summed E-state index contributed by atoms with van der Waals surface area (Å²) in [7, 11) is 1.20. The van der Waals surface area contributed by atoms with Crippen molar-refractivity contribution in [2.75, 3.05) is 7.11 Å². The van der Waals surface area contributed by atoms with Crippen molar-refractivity contribution >= 4 is 23.7 Å². The van der Waals surface area contributed by atoms with Crippen molar-refractivity contribution in [2.45, 2.75) is 104 Å². The van der Waals surface area contributed by atoms with E-state index >= 15 is 0 Å². The Hall–Kier alpha value is -3.02. The topological polar surface area (TPSA) is 162 Å². The van der Waals surface area contributed by atoms with Crippen molar-refractivity contribution in [2.24, 2.45) is 40.4 Å². The predicted molar refractivity (Wildman–Crippen MR) is 158 cm³/mol. The fraction of sp³-hybridized carbons (Fsp3) is 0.706. The number of furan rings is 1. The predicted octanol–water partition coefficient (Wildman–Crippen LogP) is 3.71. The molecule has 3 heterocycles. The summed E-state index contributed by atoms with van der Waals surface area (Å²) in [6.45, 7) is 12.3. The number of esters is 3. The summed E-state index contributed by atoms with van der Waals surface area (Å²) in [6, 6.07) is 1.71. The van der Waals surface area contributed by atoms with Gasteiger partial charge >= 0.3 is 17.9 Å². The maximum absolute atomic E-state index is 13.4. The molecule has 4 aliphatic rings. The number of hydrogen-bond acceptors (Lipinski definition) is 11. The van der Waals surface area contributed by atoms with Crippen molar-refractivity contribution in [1.29, 1.82) is 0 Å². The van der Waals surface area contributed by atoms with Gasteiger partial charge in [0, 0.05) is 36.7 Å². The second-order valence-electron chi connectivity index (χ2n) is 14.3. The molecule has 2 aliphatic carbocycles. The number of rotatable bonds is 7. The molecule has 248 valence electrons. The molecule has 0 aromatic carbocycles. The minimum Gasteiger partial charge on any atom is -0.472 e. The molecule has 12 atom stereocenters. The molecule has 1 aromatic rings. The summed E-state index contributed by atoms with van der Waals surface area (Å²) in [5.74, 6) is -5.03. The number of carbonyl (C=O) groups excluding carboxylic acids is 4. The number of methoxy groups -OCH3 is 1. The van der Waals surface area contributed by atoms with Crippen LogP contribution in [-0.2, 0) is 38.1 Å². The van der Waals surface area contributed by atoms with Crippen LogP contribution in [0.25, 0.3) is 0 Å². The first-order chi connectivity index (χ1) is 21.1. The molecule has 2 saturated heterocycles. The van der Waals surface area contributed by atoms with Crippen LogP contribution < -0.4 is 0 Å². The molecule has 0 radical (unpaired) electrons. The second-order valence-corrected chi connectivity index (χ2v) is 14.3. The summed E-state index contributed by atoms with van der Waals surface area (Å²) in [5, 5.41) is 23.8. The smallest absolute Gasteiger partial charge is 0.335 e. The Bertz CT molecular complexity index is 1360. The van der Waals surface area contributed by atoms with Gasteiger partial charge in [0.1, 0.15) is 23.9 Å². The van der Waals surface area contributed by atoms with E-state index in [4.69, 9.17) is 23.4 Å². The number of cyclic esters (lactones) is 1. The molecular weight excluding hydrogens is 584 g/mol. The molecule has 5 rings (SSSR count). The van der Waals surface area contributed by atoms with Crippen LogP contribution in [0.2, 0.25) is 0 Å². The van der Waals surface area contributed by atoms with Crippen molar-refractivity contribution in [1.82, 2.24) is 0 Å². The molecule has 2 N–H and O–H groups in total. The number of ketones is 1. The first-order valence-electron chi connectivity index (χ1n) is 15.7. The summed E-state index contributed by atoms with van der Waals surface area (Å²) < 4.78 is 29.0. The molecule has 1 aromatic heterocycles. The Morgan fingerprint density at radius 1 is 1.20 bits per heavy atom. The molecule has 11 heteroatoms. The molecule has 4 fully saturated rings. The van der Waals surface area contributed by atoms with Crippen LogP contribution in [0, 0.1) is 40.4 Å². The SMILES string of the molecule is C/C=C(\C)C(=O)C[C@H]1[C@@H](O)[C@@H]2O[C@]23[C@H](C[C@H](OC(C)=O)[C@@]2(C)[C@H](c4ccoc4)OC(=O)C[C@@H]23)[C@@H](C)C([C@@H](O)C(=O)OC)C1(C)C. The minimum absolute atomic E-state index is 0.0419. The van der Waals surface area contributed by atoms with E-state index in [1.807, 2.05) is 27.7 Å².